The Labute approximate surface area is 99.8 Å². The molecule has 1 fully saturated rings. The smallest absolute Gasteiger partial charge is 0.142 e. The van der Waals surface area contributed by atoms with Crippen molar-refractivity contribution in [3.8, 4) is 0 Å². The number of hydrogen-bond donors (Lipinski definition) is 1. The topological polar surface area (TPSA) is 47.3 Å². The first kappa shape index (κ1) is 10.7. The first-order valence-corrected chi connectivity index (χ1v) is 5.98. The van der Waals surface area contributed by atoms with Crippen LogP contribution in [0.1, 0.15) is 24.6 Å². The lowest BCUT2D eigenvalue weighted by Gasteiger charge is -2.14. The normalized spacial score (nSPS) is 24.6. The third kappa shape index (κ3) is 1.73. The molecule has 0 aromatic carbocycles. The Morgan fingerprint density at radius 2 is 2.35 bits per heavy atom. The van der Waals surface area contributed by atoms with Gasteiger partial charge in [-0.3, -0.25) is 0 Å². The van der Waals surface area contributed by atoms with Gasteiger partial charge in [0.15, 0.2) is 0 Å². The highest BCUT2D eigenvalue weighted by molar-refractivity contribution is 5.79. The van der Waals surface area contributed by atoms with Gasteiger partial charge in [0.2, 0.25) is 0 Å². The predicted molar refractivity (Wildman–Crippen MR) is 64.7 cm³/mol. The third-order valence-corrected chi connectivity index (χ3v) is 3.43. The van der Waals surface area contributed by atoms with E-state index in [9.17, 15) is 0 Å². The van der Waals surface area contributed by atoms with Gasteiger partial charge in [0, 0.05) is 17.8 Å². The zero-order valence-corrected chi connectivity index (χ0v) is 9.84. The largest absolute Gasteiger partial charge is 0.394 e. The second kappa shape index (κ2) is 4.13. The molecule has 1 saturated heterocycles. The number of aliphatic hydroxyl groups is 1. The number of fused-ring (bicyclic) bond motifs is 1. The monoisotopic (exact) mass is 232 g/mol. The lowest BCUT2D eigenvalue weighted by Crippen LogP contribution is -2.14. The summed E-state index contributed by atoms with van der Waals surface area (Å²) in [5.41, 5.74) is 2.19. The molecule has 2 aromatic heterocycles. The third-order valence-electron chi connectivity index (χ3n) is 3.43. The maximum atomic E-state index is 9.09. The van der Waals surface area contributed by atoms with E-state index in [4.69, 9.17) is 9.84 Å². The van der Waals surface area contributed by atoms with Gasteiger partial charge in [-0.05, 0) is 37.5 Å². The van der Waals surface area contributed by atoms with Crippen LogP contribution < -0.4 is 0 Å². The number of nitrogens with zero attached hydrogens (tertiary/aromatic N) is 2. The summed E-state index contributed by atoms with van der Waals surface area (Å²) in [6.07, 6.45) is 5.68. The molecular weight excluding hydrogens is 216 g/mol. The van der Waals surface area contributed by atoms with Gasteiger partial charge in [0.05, 0.1) is 12.7 Å². The van der Waals surface area contributed by atoms with Gasteiger partial charge < -0.3 is 14.4 Å². The van der Waals surface area contributed by atoms with Gasteiger partial charge in [0.25, 0.3) is 0 Å². The van der Waals surface area contributed by atoms with E-state index in [1.807, 2.05) is 18.5 Å². The Bertz CT molecular complexity index is 535. The standard InChI is InChI=1S/C13H16N2O2/c1-9-4-6-14-13-11(9)5-7-15(13)12-3-2-10(8-16)17-12/h4-7,10,12,16H,2-3,8H2,1H3/t10-,12-/m0/s1. The Morgan fingerprint density at radius 3 is 3.12 bits per heavy atom. The molecule has 4 nitrogen and oxygen atoms in total. The van der Waals surface area contributed by atoms with Gasteiger partial charge in [-0.2, -0.15) is 0 Å². The molecule has 1 aliphatic heterocycles. The molecule has 0 aliphatic carbocycles. The minimum absolute atomic E-state index is 0.0129. The zero-order chi connectivity index (χ0) is 11.8. The number of aryl methyl sites for hydroxylation is 1. The first-order valence-electron chi connectivity index (χ1n) is 5.98. The van der Waals surface area contributed by atoms with Crippen LogP contribution in [-0.2, 0) is 4.74 Å². The van der Waals surface area contributed by atoms with Gasteiger partial charge in [-0.15, -0.1) is 0 Å². The number of hydrogen-bond acceptors (Lipinski definition) is 3. The van der Waals surface area contributed by atoms with E-state index in [1.165, 1.54) is 10.9 Å². The average molecular weight is 232 g/mol. The Morgan fingerprint density at radius 1 is 1.47 bits per heavy atom. The van der Waals surface area contributed by atoms with E-state index in [2.05, 4.69) is 22.5 Å². The van der Waals surface area contributed by atoms with Crippen LogP contribution in [0, 0.1) is 6.92 Å². The fourth-order valence-electron chi connectivity index (χ4n) is 2.45. The maximum absolute atomic E-state index is 9.09. The summed E-state index contributed by atoms with van der Waals surface area (Å²) in [7, 11) is 0. The molecule has 1 aliphatic rings. The summed E-state index contributed by atoms with van der Waals surface area (Å²) in [5.74, 6) is 0. The molecule has 0 unspecified atom stereocenters. The second-order valence-electron chi connectivity index (χ2n) is 4.56. The molecule has 3 heterocycles. The van der Waals surface area contributed by atoms with E-state index >= 15 is 0 Å². The molecule has 0 bridgehead atoms. The van der Waals surface area contributed by atoms with E-state index in [0.29, 0.717) is 0 Å². The van der Waals surface area contributed by atoms with E-state index in [1.54, 1.807) is 0 Å². The van der Waals surface area contributed by atoms with Crippen LogP contribution in [-0.4, -0.2) is 27.4 Å². The van der Waals surface area contributed by atoms with Crippen molar-refractivity contribution >= 4 is 11.0 Å². The lowest BCUT2D eigenvalue weighted by atomic mass is 10.2. The van der Waals surface area contributed by atoms with Gasteiger partial charge in [-0.1, -0.05) is 0 Å². The summed E-state index contributed by atoms with van der Waals surface area (Å²) < 4.78 is 7.84. The summed E-state index contributed by atoms with van der Waals surface area (Å²) in [4.78, 5) is 4.42. The van der Waals surface area contributed by atoms with Crippen molar-refractivity contribution in [1.29, 1.82) is 0 Å². The van der Waals surface area contributed by atoms with Gasteiger partial charge >= 0.3 is 0 Å². The van der Waals surface area contributed by atoms with E-state index in [-0.39, 0.29) is 18.9 Å². The van der Waals surface area contributed by atoms with Crippen LogP contribution in [0.4, 0.5) is 0 Å². The molecule has 2 atom stereocenters. The second-order valence-corrected chi connectivity index (χ2v) is 4.56. The molecule has 2 aromatic rings. The zero-order valence-electron chi connectivity index (χ0n) is 9.84. The molecule has 0 radical (unpaired) electrons. The fraction of sp³-hybridized carbons (Fsp3) is 0.462. The van der Waals surface area contributed by atoms with Gasteiger partial charge in [0.1, 0.15) is 11.9 Å². The van der Waals surface area contributed by atoms with Crippen molar-refractivity contribution < 1.29 is 9.84 Å². The lowest BCUT2D eigenvalue weighted by molar-refractivity contribution is -0.0204. The first-order chi connectivity index (χ1) is 8.29. The molecule has 0 spiro atoms. The molecule has 90 valence electrons. The summed E-state index contributed by atoms with van der Waals surface area (Å²) in [6, 6.07) is 4.09. The predicted octanol–water partition coefficient (Wildman–Crippen LogP) is 2.01. The van der Waals surface area contributed by atoms with Crippen LogP contribution in [0.3, 0.4) is 0 Å². The molecule has 3 rings (SSSR count). The van der Waals surface area contributed by atoms with Crippen LogP contribution in [0.2, 0.25) is 0 Å². The number of ether oxygens (including phenoxy) is 1. The molecule has 0 amide bonds. The Kier molecular flexibility index (Phi) is 2.61. The number of pyridine rings is 1. The van der Waals surface area contributed by atoms with Crippen molar-refractivity contribution in [3.63, 3.8) is 0 Å². The highest BCUT2D eigenvalue weighted by atomic mass is 16.5. The minimum atomic E-state index is -0.0257. The van der Waals surface area contributed by atoms with Crippen molar-refractivity contribution in [2.75, 3.05) is 6.61 Å². The molecule has 1 N–H and O–H groups in total. The quantitative estimate of drug-likeness (QED) is 0.861. The van der Waals surface area contributed by atoms with Crippen molar-refractivity contribution in [2.24, 2.45) is 0 Å². The van der Waals surface area contributed by atoms with E-state index in [0.717, 1.165) is 18.5 Å². The Hall–Kier alpha value is -1.39. The van der Waals surface area contributed by atoms with Crippen molar-refractivity contribution in [2.45, 2.75) is 32.1 Å². The van der Waals surface area contributed by atoms with Crippen molar-refractivity contribution in [1.82, 2.24) is 9.55 Å². The average Bonchev–Trinajstić information content (AvgIpc) is 2.94. The fourth-order valence-corrected chi connectivity index (χ4v) is 2.45. The van der Waals surface area contributed by atoms with Crippen LogP contribution in [0.25, 0.3) is 11.0 Å². The highest BCUT2D eigenvalue weighted by Crippen LogP contribution is 2.31. The SMILES string of the molecule is Cc1ccnc2c1ccn2[C@@H]1CC[C@@H](CO)O1. The Balaban J connectivity index is 1.99. The molecular formula is C13H16N2O2. The van der Waals surface area contributed by atoms with E-state index < -0.39 is 0 Å². The number of aromatic nitrogens is 2. The van der Waals surface area contributed by atoms with Crippen LogP contribution in [0.5, 0.6) is 0 Å². The summed E-state index contributed by atoms with van der Waals surface area (Å²) in [5, 5.41) is 10.3. The highest BCUT2D eigenvalue weighted by Gasteiger charge is 2.26. The van der Waals surface area contributed by atoms with Crippen molar-refractivity contribution in [3.05, 3.63) is 30.1 Å². The number of rotatable bonds is 2. The van der Waals surface area contributed by atoms with Gasteiger partial charge in [-0.25, -0.2) is 4.98 Å². The maximum Gasteiger partial charge on any atom is 0.142 e. The van der Waals surface area contributed by atoms with Crippen LogP contribution >= 0.6 is 0 Å². The molecule has 17 heavy (non-hydrogen) atoms. The molecule has 0 saturated carbocycles. The minimum Gasteiger partial charge on any atom is -0.394 e. The summed E-state index contributed by atoms with van der Waals surface area (Å²) >= 11 is 0. The number of aliphatic hydroxyl groups excluding tert-OH is 1. The van der Waals surface area contributed by atoms with Crippen LogP contribution in [0.15, 0.2) is 24.5 Å². The summed E-state index contributed by atoms with van der Waals surface area (Å²) in [6.45, 7) is 2.18. The molecule has 4 heteroatoms.